The zero-order chi connectivity index (χ0) is 13.2. The molecule has 2 N–H and O–H groups in total. The van der Waals surface area contributed by atoms with E-state index >= 15 is 0 Å². The minimum Gasteiger partial charge on any atom is -0.329 e. The molecule has 0 aromatic carbocycles. The Balaban J connectivity index is 2.10. The molecular weight excluding hydrogens is 242 g/mol. The molecule has 0 aromatic rings. The Bertz CT molecular complexity index is 274. The van der Waals surface area contributed by atoms with Crippen molar-refractivity contribution in [2.45, 2.75) is 49.4 Å². The van der Waals surface area contributed by atoms with E-state index in [2.05, 4.69) is 42.6 Å². The summed E-state index contributed by atoms with van der Waals surface area (Å²) in [7, 11) is 4.56. The lowest BCUT2D eigenvalue weighted by molar-refractivity contribution is 0.0310. The Labute approximate surface area is 116 Å². The molecule has 2 rings (SSSR count). The number of hydrogen-bond donors (Lipinski definition) is 1. The van der Waals surface area contributed by atoms with Gasteiger partial charge in [0.05, 0.1) is 0 Å². The minimum atomic E-state index is 0.228. The van der Waals surface area contributed by atoms with E-state index in [1.165, 1.54) is 44.5 Å². The van der Waals surface area contributed by atoms with Crippen LogP contribution in [0.15, 0.2) is 0 Å². The van der Waals surface area contributed by atoms with E-state index in [0.717, 1.165) is 6.54 Å². The van der Waals surface area contributed by atoms with Crippen LogP contribution in [0.2, 0.25) is 0 Å². The number of nitrogens with two attached hydrogens (primary N) is 1. The molecule has 106 valence electrons. The first-order chi connectivity index (χ1) is 8.60. The second-order valence-electron chi connectivity index (χ2n) is 6.09. The Hall–Kier alpha value is 0.230. The third kappa shape index (κ3) is 2.72. The van der Waals surface area contributed by atoms with Gasteiger partial charge in [-0.1, -0.05) is 6.92 Å². The summed E-state index contributed by atoms with van der Waals surface area (Å²) in [5.74, 6) is 1.31. The Morgan fingerprint density at radius 2 is 2.22 bits per heavy atom. The van der Waals surface area contributed by atoms with Crippen molar-refractivity contribution < 1.29 is 0 Å². The van der Waals surface area contributed by atoms with Crippen LogP contribution in [0.3, 0.4) is 0 Å². The first-order valence-corrected chi connectivity index (χ1v) is 8.38. The van der Waals surface area contributed by atoms with Crippen molar-refractivity contribution in [2.24, 2.45) is 5.73 Å². The third-order valence-corrected chi connectivity index (χ3v) is 6.54. The fourth-order valence-electron chi connectivity index (χ4n) is 3.69. The zero-order valence-corrected chi connectivity index (χ0v) is 13.0. The highest BCUT2D eigenvalue weighted by Gasteiger charge is 2.43. The minimum absolute atomic E-state index is 0.228. The molecule has 3 atom stereocenters. The van der Waals surface area contributed by atoms with Gasteiger partial charge in [0, 0.05) is 29.9 Å². The number of likely N-dealkylation sites (N-methyl/N-ethyl adjacent to an activating group) is 2. The summed E-state index contributed by atoms with van der Waals surface area (Å²) in [4.78, 5) is 5.11. The van der Waals surface area contributed by atoms with E-state index in [1.807, 2.05) is 0 Å². The fraction of sp³-hybridized carbons (Fsp3) is 1.00. The van der Waals surface area contributed by atoms with E-state index in [4.69, 9.17) is 5.73 Å². The van der Waals surface area contributed by atoms with Crippen molar-refractivity contribution in [3.63, 3.8) is 0 Å². The van der Waals surface area contributed by atoms with Gasteiger partial charge in [0.1, 0.15) is 0 Å². The van der Waals surface area contributed by atoms with Gasteiger partial charge in [0.15, 0.2) is 0 Å². The molecule has 0 radical (unpaired) electrons. The molecule has 3 unspecified atom stereocenters. The molecule has 2 fully saturated rings. The highest BCUT2D eigenvalue weighted by molar-refractivity contribution is 8.00. The van der Waals surface area contributed by atoms with Gasteiger partial charge in [-0.3, -0.25) is 4.90 Å². The molecule has 0 bridgehead atoms. The number of hydrogen-bond acceptors (Lipinski definition) is 4. The second kappa shape index (κ2) is 6.12. The predicted molar refractivity (Wildman–Crippen MR) is 81.2 cm³/mol. The van der Waals surface area contributed by atoms with Crippen LogP contribution in [-0.2, 0) is 0 Å². The van der Waals surface area contributed by atoms with E-state index < -0.39 is 0 Å². The van der Waals surface area contributed by atoms with Crippen molar-refractivity contribution in [1.82, 2.24) is 9.80 Å². The summed E-state index contributed by atoms with van der Waals surface area (Å²) < 4.78 is 0. The lowest BCUT2D eigenvalue weighted by atomic mass is 9.85. The van der Waals surface area contributed by atoms with Crippen LogP contribution in [0.5, 0.6) is 0 Å². The van der Waals surface area contributed by atoms with E-state index in [-0.39, 0.29) is 5.54 Å². The average Bonchev–Trinajstić information content (AvgIpc) is 2.39. The topological polar surface area (TPSA) is 32.5 Å². The second-order valence-corrected chi connectivity index (χ2v) is 7.54. The Morgan fingerprint density at radius 3 is 2.83 bits per heavy atom. The van der Waals surface area contributed by atoms with Gasteiger partial charge >= 0.3 is 0 Å². The highest BCUT2D eigenvalue weighted by atomic mass is 32.2. The summed E-state index contributed by atoms with van der Waals surface area (Å²) in [5.41, 5.74) is 6.43. The largest absolute Gasteiger partial charge is 0.329 e. The molecule has 4 heteroatoms. The molecule has 0 saturated carbocycles. The molecule has 2 heterocycles. The van der Waals surface area contributed by atoms with Gasteiger partial charge in [-0.2, -0.15) is 11.8 Å². The van der Waals surface area contributed by atoms with E-state index in [1.54, 1.807) is 0 Å². The van der Waals surface area contributed by atoms with Gasteiger partial charge in [0.2, 0.25) is 0 Å². The number of thioether (sulfide) groups is 1. The van der Waals surface area contributed by atoms with E-state index in [9.17, 15) is 0 Å². The highest BCUT2D eigenvalue weighted by Crippen LogP contribution is 2.39. The Morgan fingerprint density at radius 1 is 1.44 bits per heavy atom. The SMILES string of the molecule is CC1SCCCC1(CN)N(C)C1CCCN(C)C1. The molecule has 0 amide bonds. The van der Waals surface area contributed by atoms with Crippen LogP contribution in [0.25, 0.3) is 0 Å². The molecule has 0 aromatic heterocycles. The fourth-order valence-corrected chi connectivity index (χ4v) is 5.05. The van der Waals surface area contributed by atoms with Gasteiger partial charge in [-0.25, -0.2) is 0 Å². The third-order valence-electron chi connectivity index (χ3n) is 5.08. The summed E-state index contributed by atoms with van der Waals surface area (Å²) in [6, 6.07) is 0.688. The van der Waals surface area contributed by atoms with Crippen LogP contribution in [0, 0.1) is 0 Å². The van der Waals surface area contributed by atoms with Gasteiger partial charge in [-0.05, 0) is 52.1 Å². The maximum absolute atomic E-state index is 6.20. The number of likely N-dealkylation sites (tertiary alicyclic amines) is 1. The van der Waals surface area contributed by atoms with Crippen molar-refractivity contribution in [3.05, 3.63) is 0 Å². The number of nitrogens with zero attached hydrogens (tertiary/aromatic N) is 2. The van der Waals surface area contributed by atoms with Gasteiger partial charge < -0.3 is 10.6 Å². The molecule has 0 aliphatic carbocycles. The van der Waals surface area contributed by atoms with Crippen molar-refractivity contribution in [1.29, 1.82) is 0 Å². The monoisotopic (exact) mass is 271 g/mol. The molecule has 2 aliphatic rings. The van der Waals surface area contributed by atoms with Gasteiger partial charge in [-0.15, -0.1) is 0 Å². The van der Waals surface area contributed by atoms with E-state index in [0.29, 0.717) is 11.3 Å². The standard InChI is InChI=1S/C14H29N3S/c1-12-14(11-15,7-5-9-18-12)17(3)13-6-4-8-16(2)10-13/h12-13H,4-11,15H2,1-3H3. The first kappa shape index (κ1) is 14.6. The molecular formula is C14H29N3S. The number of rotatable bonds is 3. The lowest BCUT2D eigenvalue weighted by Gasteiger charge is -2.52. The summed E-state index contributed by atoms with van der Waals surface area (Å²) in [6.45, 7) is 5.64. The molecule has 3 nitrogen and oxygen atoms in total. The van der Waals surface area contributed by atoms with Crippen LogP contribution < -0.4 is 5.73 Å². The maximum Gasteiger partial charge on any atom is 0.0448 e. The normalized spacial score (nSPS) is 39.2. The van der Waals surface area contributed by atoms with Crippen molar-refractivity contribution >= 4 is 11.8 Å². The van der Waals surface area contributed by atoms with Crippen LogP contribution in [-0.4, -0.2) is 66.1 Å². The molecule has 2 aliphatic heterocycles. The van der Waals surface area contributed by atoms with Crippen LogP contribution in [0.1, 0.15) is 32.6 Å². The smallest absolute Gasteiger partial charge is 0.0448 e. The Kier molecular flexibility index (Phi) is 4.98. The summed E-state index contributed by atoms with van der Waals surface area (Å²) >= 11 is 2.11. The van der Waals surface area contributed by atoms with Gasteiger partial charge in [0.25, 0.3) is 0 Å². The summed E-state index contributed by atoms with van der Waals surface area (Å²) in [5, 5.41) is 0.661. The average molecular weight is 271 g/mol. The lowest BCUT2D eigenvalue weighted by Crippen LogP contribution is -2.64. The first-order valence-electron chi connectivity index (χ1n) is 7.33. The quantitative estimate of drug-likeness (QED) is 0.845. The number of piperidine rings is 1. The molecule has 18 heavy (non-hydrogen) atoms. The van der Waals surface area contributed by atoms with Crippen molar-refractivity contribution in [2.75, 3.05) is 39.5 Å². The summed E-state index contributed by atoms with van der Waals surface area (Å²) in [6.07, 6.45) is 5.25. The van der Waals surface area contributed by atoms with Crippen LogP contribution in [0.4, 0.5) is 0 Å². The maximum atomic E-state index is 6.20. The van der Waals surface area contributed by atoms with Crippen molar-refractivity contribution in [3.8, 4) is 0 Å². The zero-order valence-electron chi connectivity index (χ0n) is 12.2. The molecule has 2 saturated heterocycles. The predicted octanol–water partition coefficient (Wildman–Crippen LogP) is 1.63. The van der Waals surface area contributed by atoms with Crippen LogP contribution >= 0.6 is 11.8 Å². The molecule has 0 spiro atoms.